The molecule has 0 atom stereocenters. The van der Waals surface area contributed by atoms with E-state index < -0.39 is 0 Å². The van der Waals surface area contributed by atoms with Gasteiger partial charge in [-0.15, -0.1) is 5.10 Å². The highest BCUT2D eigenvalue weighted by molar-refractivity contribution is 5.95. The molecule has 21 heavy (non-hydrogen) atoms. The predicted octanol–water partition coefficient (Wildman–Crippen LogP) is 1.70. The maximum Gasteiger partial charge on any atom is 0.188 e. The lowest BCUT2D eigenvalue weighted by atomic mass is 10.1. The van der Waals surface area contributed by atoms with Gasteiger partial charge < -0.3 is 4.57 Å². The van der Waals surface area contributed by atoms with Crippen molar-refractivity contribution in [1.82, 2.24) is 24.7 Å². The lowest BCUT2D eigenvalue weighted by molar-refractivity contribution is 0.0987. The van der Waals surface area contributed by atoms with Crippen LogP contribution in [0.25, 0.3) is 11.4 Å². The second-order valence-corrected chi connectivity index (χ2v) is 4.65. The van der Waals surface area contributed by atoms with Gasteiger partial charge in [0.25, 0.3) is 0 Å². The van der Waals surface area contributed by atoms with Crippen molar-refractivity contribution >= 4 is 5.78 Å². The molecule has 3 aromatic heterocycles. The van der Waals surface area contributed by atoms with Gasteiger partial charge in [-0.2, -0.15) is 5.10 Å². The van der Waals surface area contributed by atoms with Crippen LogP contribution in [0.5, 0.6) is 0 Å². The van der Waals surface area contributed by atoms with Crippen LogP contribution in [0.3, 0.4) is 0 Å². The zero-order valence-electron chi connectivity index (χ0n) is 11.5. The van der Waals surface area contributed by atoms with Crippen LogP contribution in [0.15, 0.2) is 49.1 Å². The molecule has 0 spiro atoms. The predicted molar refractivity (Wildman–Crippen MR) is 76.5 cm³/mol. The van der Waals surface area contributed by atoms with Crippen LogP contribution in [0.2, 0.25) is 0 Å². The van der Waals surface area contributed by atoms with Gasteiger partial charge in [-0.05, 0) is 24.3 Å². The molecule has 104 valence electrons. The van der Waals surface area contributed by atoms with Crippen LogP contribution in [0.1, 0.15) is 16.2 Å². The fourth-order valence-corrected chi connectivity index (χ4v) is 1.92. The highest BCUT2D eigenvalue weighted by atomic mass is 16.1. The molecule has 0 aromatic carbocycles. The molecule has 3 heterocycles. The van der Waals surface area contributed by atoms with Crippen LogP contribution in [0, 0.1) is 0 Å². The molecule has 0 bridgehead atoms. The first-order valence-electron chi connectivity index (χ1n) is 6.47. The molecule has 0 N–H and O–H groups in total. The number of imidazole rings is 1. The van der Waals surface area contributed by atoms with Crippen molar-refractivity contribution in [3.63, 3.8) is 0 Å². The summed E-state index contributed by atoms with van der Waals surface area (Å²) in [4.78, 5) is 20.3. The van der Waals surface area contributed by atoms with Crippen LogP contribution in [-0.2, 0) is 13.5 Å². The molecule has 0 saturated heterocycles. The summed E-state index contributed by atoms with van der Waals surface area (Å²) in [6.45, 7) is 0. The van der Waals surface area contributed by atoms with E-state index in [1.165, 1.54) is 0 Å². The summed E-state index contributed by atoms with van der Waals surface area (Å²) in [6, 6.07) is 9.20. The van der Waals surface area contributed by atoms with E-state index in [-0.39, 0.29) is 12.2 Å². The first-order chi connectivity index (χ1) is 10.2. The van der Waals surface area contributed by atoms with E-state index in [1.54, 1.807) is 29.4 Å². The monoisotopic (exact) mass is 279 g/mol. The van der Waals surface area contributed by atoms with Crippen molar-refractivity contribution in [2.75, 3.05) is 0 Å². The summed E-state index contributed by atoms with van der Waals surface area (Å²) in [6.07, 6.45) is 5.18. The third kappa shape index (κ3) is 3.00. The summed E-state index contributed by atoms with van der Waals surface area (Å²) in [7, 11) is 1.82. The van der Waals surface area contributed by atoms with Crippen molar-refractivity contribution in [1.29, 1.82) is 0 Å². The Labute approximate surface area is 121 Å². The number of nitrogens with zero attached hydrogens (tertiary/aromatic N) is 5. The van der Waals surface area contributed by atoms with Gasteiger partial charge in [0, 0.05) is 19.4 Å². The molecule has 0 fully saturated rings. The lowest BCUT2D eigenvalue weighted by Crippen LogP contribution is -2.06. The van der Waals surface area contributed by atoms with Crippen LogP contribution in [-0.4, -0.2) is 30.5 Å². The molecule has 3 aromatic rings. The summed E-state index contributed by atoms with van der Waals surface area (Å²) in [5.41, 5.74) is 2.50. The smallest absolute Gasteiger partial charge is 0.188 e. The Hall–Kier alpha value is -2.89. The van der Waals surface area contributed by atoms with Gasteiger partial charge in [0.15, 0.2) is 5.78 Å². The Morgan fingerprint density at radius 3 is 2.62 bits per heavy atom. The highest BCUT2D eigenvalue weighted by Crippen LogP contribution is 2.12. The second kappa shape index (κ2) is 5.62. The van der Waals surface area contributed by atoms with E-state index in [2.05, 4.69) is 20.2 Å². The van der Waals surface area contributed by atoms with E-state index in [1.807, 2.05) is 31.3 Å². The van der Waals surface area contributed by atoms with E-state index >= 15 is 0 Å². The molecular weight excluding hydrogens is 266 g/mol. The number of Topliss-reactive ketones (excluding diaryl/α,β-unsaturated/α-hetero) is 1. The number of hydrogen-bond donors (Lipinski definition) is 0. The average Bonchev–Trinajstić information content (AvgIpc) is 2.96. The van der Waals surface area contributed by atoms with Crippen molar-refractivity contribution in [3.8, 4) is 11.4 Å². The topological polar surface area (TPSA) is 73.6 Å². The summed E-state index contributed by atoms with van der Waals surface area (Å²) in [5, 5.41) is 8.19. The molecule has 6 heteroatoms. The standard InChI is InChI=1S/C15H13N5O/c1-20-9-14(17-10-20)15(21)8-11-5-6-13(19-18-11)12-4-2-3-7-16-12/h2-7,9-10H,8H2,1H3. The van der Waals surface area contributed by atoms with Crippen molar-refractivity contribution < 1.29 is 4.79 Å². The van der Waals surface area contributed by atoms with E-state index in [0.717, 1.165) is 5.69 Å². The number of ketones is 1. The minimum absolute atomic E-state index is 0.0736. The summed E-state index contributed by atoms with van der Waals surface area (Å²) >= 11 is 0. The van der Waals surface area contributed by atoms with Gasteiger partial charge >= 0.3 is 0 Å². The minimum atomic E-state index is -0.0736. The number of hydrogen-bond acceptors (Lipinski definition) is 5. The number of aromatic nitrogens is 5. The van der Waals surface area contributed by atoms with E-state index in [4.69, 9.17) is 0 Å². The van der Waals surface area contributed by atoms with Crippen LogP contribution in [0.4, 0.5) is 0 Å². The average molecular weight is 279 g/mol. The Morgan fingerprint density at radius 1 is 1.10 bits per heavy atom. The number of carbonyl (C=O) groups is 1. The van der Waals surface area contributed by atoms with Gasteiger partial charge in [0.2, 0.25) is 0 Å². The van der Waals surface area contributed by atoms with Gasteiger partial charge in [0.05, 0.1) is 24.1 Å². The molecule has 0 aliphatic rings. The van der Waals surface area contributed by atoms with E-state index in [9.17, 15) is 4.79 Å². The molecule has 0 unspecified atom stereocenters. The maximum atomic E-state index is 12.0. The number of rotatable bonds is 4. The van der Waals surface area contributed by atoms with Crippen molar-refractivity contribution in [2.24, 2.45) is 7.05 Å². The Bertz CT molecular complexity index is 749. The first kappa shape index (κ1) is 13.1. The van der Waals surface area contributed by atoms with Crippen LogP contribution >= 0.6 is 0 Å². The highest BCUT2D eigenvalue weighted by Gasteiger charge is 2.11. The lowest BCUT2D eigenvalue weighted by Gasteiger charge is -2.00. The quantitative estimate of drug-likeness (QED) is 0.679. The van der Waals surface area contributed by atoms with Gasteiger partial charge in [-0.25, -0.2) is 4.98 Å². The number of pyridine rings is 1. The molecule has 0 saturated carbocycles. The van der Waals surface area contributed by atoms with Crippen molar-refractivity contribution in [2.45, 2.75) is 6.42 Å². The Kier molecular flexibility index (Phi) is 3.51. The molecule has 0 aliphatic carbocycles. The summed E-state index contributed by atoms with van der Waals surface area (Å²) < 4.78 is 1.74. The fourth-order valence-electron chi connectivity index (χ4n) is 1.92. The molecule has 0 aliphatic heterocycles. The van der Waals surface area contributed by atoms with Crippen LogP contribution < -0.4 is 0 Å². The largest absolute Gasteiger partial charge is 0.340 e. The summed E-state index contributed by atoms with van der Waals surface area (Å²) in [5.74, 6) is -0.0736. The molecule has 0 amide bonds. The molecule has 0 radical (unpaired) electrons. The normalized spacial score (nSPS) is 10.5. The fraction of sp³-hybridized carbons (Fsp3) is 0.133. The number of carbonyl (C=O) groups excluding carboxylic acids is 1. The first-order valence-corrected chi connectivity index (χ1v) is 6.47. The minimum Gasteiger partial charge on any atom is -0.340 e. The maximum absolute atomic E-state index is 12.0. The SMILES string of the molecule is Cn1cnc(C(=O)Cc2ccc(-c3ccccn3)nn2)c1. The number of aryl methyl sites for hydroxylation is 1. The van der Waals surface area contributed by atoms with Gasteiger partial charge in [-0.3, -0.25) is 9.78 Å². The molecule has 3 rings (SSSR count). The van der Waals surface area contributed by atoms with E-state index in [0.29, 0.717) is 17.1 Å². The molecular formula is C15H13N5O. The Balaban J connectivity index is 1.74. The van der Waals surface area contributed by atoms with Gasteiger partial charge in [-0.1, -0.05) is 6.07 Å². The second-order valence-electron chi connectivity index (χ2n) is 4.65. The Morgan fingerprint density at radius 2 is 2.00 bits per heavy atom. The third-order valence-electron chi connectivity index (χ3n) is 2.98. The zero-order chi connectivity index (χ0) is 14.7. The zero-order valence-corrected chi connectivity index (χ0v) is 11.5. The van der Waals surface area contributed by atoms with Gasteiger partial charge in [0.1, 0.15) is 11.4 Å². The molecule has 6 nitrogen and oxygen atoms in total. The van der Waals surface area contributed by atoms with Crippen molar-refractivity contribution in [3.05, 3.63) is 60.4 Å². The third-order valence-corrected chi connectivity index (χ3v) is 2.98.